The van der Waals surface area contributed by atoms with E-state index >= 15 is 0 Å². The number of methoxy groups -OCH3 is 1. The molecule has 7 nitrogen and oxygen atoms in total. The first kappa shape index (κ1) is 18.3. The Hall–Kier alpha value is -2.71. The summed E-state index contributed by atoms with van der Waals surface area (Å²) in [5, 5.41) is 5.75. The molecule has 1 N–H and O–H groups in total. The van der Waals surface area contributed by atoms with Crippen LogP contribution in [0.3, 0.4) is 0 Å². The van der Waals surface area contributed by atoms with Gasteiger partial charge in [-0.25, -0.2) is 14.5 Å². The lowest BCUT2D eigenvalue weighted by Gasteiger charge is -2.23. The van der Waals surface area contributed by atoms with Gasteiger partial charge in [0.25, 0.3) is 0 Å². The molecule has 29 heavy (non-hydrogen) atoms. The molecule has 1 atom stereocenters. The molecule has 1 aliphatic heterocycles. The highest BCUT2D eigenvalue weighted by atomic mass is 32.1. The van der Waals surface area contributed by atoms with Gasteiger partial charge in [0.2, 0.25) is 0 Å². The number of nitrogens with zero attached hydrogens (tertiary/aromatic N) is 4. The molecule has 0 saturated carbocycles. The van der Waals surface area contributed by atoms with Crippen LogP contribution in [-0.2, 0) is 19.6 Å². The number of quaternary nitrogens is 1. The third kappa shape index (κ3) is 3.42. The van der Waals surface area contributed by atoms with Gasteiger partial charge in [-0.3, -0.25) is 0 Å². The second-order valence-electron chi connectivity index (χ2n) is 7.37. The van der Waals surface area contributed by atoms with Crippen molar-refractivity contribution in [2.45, 2.75) is 32.9 Å². The van der Waals surface area contributed by atoms with E-state index in [2.05, 4.69) is 17.0 Å². The Morgan fingerprint density at radius 3 is 2.83 bits per heavy atom. The predicted molar refractivity (Wildman–Crippen MR) is 112 cm³/mol. The topological polar surface area (TPSA) is 66.0 Å². The minimum Gasteiger partial charge on any atom is -0.497 e. The summed E-state index contributed by atoms with van der Waals surface area (Å²) in [5.41, 5.74) is 2.30. The lowest BCUT2D eigenvalue weighted by atomic mass is 10.1. The van der Waals surface area contributed by atoms with Crippen molar-refractivity contribution in [1.82, 2.24) is 19.6 Å². The molecule has 0 saturated heterocycles. The fourth-order valence-corrected chi connectivity index (χ4v) is 5.27. The number of benzene rings is 1. The van der Waals surface area contributed by atoms with Crippen LogP contribution in [0.25, 0.3) is 15.9 Å². The van der Waals surface area contributed by atoms with Gasteiger partial charge in [0.05, 0.1) is 30.5 Å². The molecule has 0 spiro atoms. The Bertz CT molecular complexity index is 1150. The molecule has 3 aromatic heterocycles. The van der Waals surface area contributed by atoms with Gasteiger partial charge in [-0.2, -0.15) is 0 Å². The number of nitrogens with one attached hydrogen (secondary N) is 1. The van der Waals surface area contributed by atoms with Gasteiger partial charge in [-0.05, 0) is 36.2 Å². The zero-order valence-electron chi connectivity index (χ0n) is 16.6. The molecule has 1 aromatic carbocycles. The van der Waals surface area contributed by atoms with E-state index < -0.39 is 0 Å². The number of fused-ring (bicyclic) bond motifs is 5. The minimum absolute atomic E-state index is 0.316. The monoisotopic (exact) mass is 410 g/mol. The average molecular weight is 411 g/mol. The third-order valence-corrected chi connectivity index (χ3v) is 6.57. The van der Waals surface area contributed by atoms with Crippen LogP contribution in [-0.4, -0.2) is 39.8 Å². The Balaban J connectivity index is 1.43. The summed E-state index contributed by atoms with van der Waals surface area (Å²) < 4.78 is 12.8. The SMILES string of the molecule is CCC[NH+]1CCc2c(sc3ncn4nc(COc5ccc(OC)cc5)nc4c23)C1. The van der Waals surface area contributed by atoms with Crippen LogP contribution in [0.15, 0.2) is 30.6 Å². The van der Waals surface area contributed by atoms with E-state index in [1.165, 1.54) is 35.3 Å². The standard InChI is InChI=1S/C21H23N5O2S/c1-3-9-25-10-8-16-17(11-25)29-21-19(16)20-23-18(24-26(20)13-22-21)12-28-15-6-4-14(27-2)5-7-15/h4-7,13H,3,8-12H2,1-2H3/p+1. The van der Waals surface area contributed by atoms with E-state index in [1.54, 1.807) is 22.9 Å². The summed E-state index contributed by atoms with van der Waals surface area (Å²) >= 11 is 1.81. The second kappa shape index (κ2) is 7.61. The molecule has 4 aromatic rings. The molecule has 0 fully saturated rings. The van der Waals surface area contributed by atoms with E-state index in [9.17, 15) is 0 Å². The molecule has 0 bridgehead atoms. The largest absolute Gasteiger partial charge is 0.497 e. The highest BCUT2D eigenvalue weighted by Gasteiger charge is 2.26. The highest BCUT2D eigenvalue weighted by molar-refractivity contribution is 7.19. The van der Waals surface area contributed by atoms with Gasteiger partial charge in [0.1, 0.15) is 35.8 Å². The van der Waals surface area contributed by atoms with Crippen molar-refractivity contribution < 1.29 is 14.4 Å². The van der Waals surface area contributed by atoms with Gasteiger partial charge in [0, 0.05) is 6.42 Å². The Kier molecular flexibility index (Phi) is 4.81. The van der Waals surface area contributed by atoms with E-state index in [0.29, 0.717) is 12.4 Å². The maximum atomic E-state index is 5.85. The Morgan fingerprint density at radius 2 is 2.03 bits per heavy atom. The molecule has 0 aliphatic carbocycles. The molecular weight excluding hydrogens is 386 g/mol. The van der Waals surface area contributed by atoms with Crippen molar-refractivity contribution in [2.75, 3.05) is 20.2 Å². The van der Waals surface area contributed by atoms with Gasteiger partial charge in [-0.15, -0.1) is 16.4 Å². The van der Waals surface area contributed by atoms with E-state index in [4.69, 9.17) is 14.5 Å². The summed E-state index contributed by atoms with van der Waals surface area (Å²) in [6, 6.07) is 7.52. The lowest BCUT2D eigenvalue weighted by molar-refractivity contribution is -0.915. The van der Waals surface area contributed by atoms with Crippen molar-refractivity contribution in [3.8, 4) is 11.5 Å². The van der Waals surface area contributed by atoms with E-state index in [-0.39, 0.29) is 0 Å². The van der Waals surface area contributed by atoms with Crippen molar-refractivity contribution >= 4 is 27.2 Å². The number of aromatic nitrogens is 4. The van der Waals surface area contributed by atoms with E-state index in [0.717, 1.165) is 34.9 Å². The van der Waals surface area contributed by atoms with Gasteiger partial charge >= 0.3 is 0 Å². The fraction of sp³-hybridized carbons (Fsp3) is 0.381. The number of thiophene rings is 1. The second-order valence-corrected chi connectivity index (χ2v) is 8.45. The molecule has 150 valence electrons. The van der Waals surface area contributed by atoms with Crippen LogP contribution in [0.4, 0.5) is 0 Å². The fourth-order valence-electron chi connectivity index (χ4n) is 4.02. The molecule has 1 unspecified atom stereocenters. The zero-order chi connectivity index (χ0) is 19.8. The summed E-state index contributed by atoms with van der Waals surface area (Å²) in [6.45, 7) is 6.07. The number of hydrogen-bond donors (Lipinski definition) is 1. The molecule has 5 rings (SSSR count). The van der Waals surface area contributed by atoms with Crippen LogP contribution in [0.5, 0.6) is 11.5 Å². The quantitative estimate of drug-likeness (QED) is 0.528. The first-order valence-electron chi connectivity index (χ1n) is 10.00. The van der Waals surface area contributed by atoms with Crippen molar-refractivity contribution in [3.05, 3.63) is 46.9 Å². The molecule has 8 heteroatoms. The lowest BCUT2D eigenvalue weighted by Crippen LogP contribution is -3.11. The van der Waals surface area contributed by atoms with Crippen molar-refractivity contribution in [3.63, 3.8) is 0 Å². The normalized spacial score (nSPS) is 16.3. The Morgan fingerprint density at radius 1 is 1.21 bits per heavy atom. The van der Waals surface area contributed by atoms with Crippen LogP contribution in [0.1, 0.15) is 29.6 Å². The molecular formula is C21H24N5O2S+. The van der Waals surface area contributed by atoms with Crippen molar-refractivity contribution in [1.29, 1.82) is 0 Å². The van der Waals surface area contributed by atoms with Gasteiger partial charge in [-0.1, -0.05) is 6.92 Å². The van der Waals surface area contributed by atoms with Crippen molar-refractivity contribution in [2.24, 2.45) is 0 Å². The third-order valence-electron chi connectivity index (χ3n) is 5.43. The Labute approximate surface area is 172 Å². The summed E-state index contributed by atoms with van der Waals surface area (Å²) in [5.74, 6) is 2.22. The number of ether oxygens (including phenoxy) is 2. The van der Waals surface area contributed by atoms with Crippen LogP contribution in [0, 0.1) is 0 Å². The average Bonchev–Trinajstić information content (AvgIpc) is 3.33. The predicted octanol–water partition coefficient (Wildman–Crippen LogP) is 2.28. The zero-order valence-corrected chi connectivity index (χ0v) is 17.5. The van der Waals surface area contributed by atoms with Gasteiger partial charge < -0.3 is 14.4 Å². The summed E-state index contributed by atoms with van der Waals surface area (Å²) in [7, 11) is 1.65. The van der Waals surface area contributed by atoms with E-state index in [1.807, 2.05) is 35.6 Å². The minimum atomic E-state index is 0.316. The molecule has 0 amide bonds. The smallest absolute Gasteiger partial charge is 0.189 e. The van der Waals surface area contributed by atoms with Crippen LogP contribution >= 0.6 is 11.3 Å². The van der Waals surface area contributed by atoms with Crippen LogP contribution < -0.4 is 14.4 Å². The maximum absolute atomic E-state index is 5.85. The van der Waals surface area contributed by atoms with Gasteiger partial charge in [0.15, 0.2) is 11.5 Å². The summed E-state index contributed by atoms with van der Waals surface area (Å²) in [4.78, 5) is 13.6. The number of hydrogen-bond acceptors (Lipinski definition) is 6. The van der Waals surface area contributed by atoms with Crippen LogP contribution in [0.2, 0.25) is 0 Å². The molecule has 4 heterocycles. The highest BCUT2D eigenvalue weighted by Crippen LogP contribution is 2.33. The first-order chi connectivity index (χ1) is 14.2. The maximum Gasteiger partial charge on any atom is 0.189 e. The molecule has 1 aliphatic rings. The summed E-state index contributed by atoms with van der Waals surface area (Å²) in [6.07, 6.45) is 4.07. The molecule has 0 radical (unpaired) electrons. The first-order valence-corrected chi connectivity index (χ1v) is 10.8. The number of rotatable bonds is 6.